The van der Waals surface area contributed by atoms with Crippen molar-refractivity contribution >= 4 is 29.6 Å². The monoisotopic (exact) mass is 468 g/mol. The van der Waals surface area contributed by atoms with Crippen molar-refractivity contribution in [1.29, 1.82) is 0 Å². The zero-order chi connectivity index (χ0) is 24.0. The number of amides is 1. The van der Waals surface area contributed by atoms with Crippen molar-refractivity contribution in [3.8, 4) is 0 Å². The summed E-state index contributed by atoms with van der Waals surface area (Å²) < 4.78 is 5.05. The second-order valence-electron chi connectivity index (χ2n) is 7.40. The Kier molecular flexibility index (Phi) is 8.06. The van der Waals surface area contributed by atoms with Crippen LogP contribution in [0.5, 0.6) is 0 Å². The number of aliphatic carboxylic acids is 1. The molecule has 1 aliphatic rings. The van der Waals surface area contributed by atoms with Crippen LogP contribution in [0.3, 0.4) is 0 Å². The van der Waals surface area contributed by atoms with Gasteiger partial charge in [-0.25, -0.2) is 4.79 Å². The zero-order valence-electron chi connectivity index (χ0n) is 18.2. The molecule has 0 bridgehead atoms. The first-order valence-corrected chi connectivity index (χ1v) is 10.6. The van der Waals surface area contributed by atoms with E-state index < -0.39 is 24.1 Å². The molecule has 0 fully saturated rings. The van der Waals surface area contributed by atoms with Crippen molar-refractivity contribution in [2.24, 2.45) is 0 Å². The van der Waals surface area contributed by atoms with Crippen molar-refractivity contribution < 1.29 is 24.5 Å². The fraction of sp³-hybridized carbons (Fsp3) is 0.200. The lowest BCUT2D eigenvalue weighted by Crippen LogP contribution is -2.40. The number of carboxylic acid groups (broad SMARTS) is 1. The molecule has 8 heteroatoms. The summed E-state index contributed by atoms with van der Waals surface area (Å²) in [7, 11) is 1.29. The van der Waals surface area contributed by atoms with E-state index in [0.29, 0.717) is 16.3 Å². The van der Waals surface area contributed by atoms with Gasteiger partial charge in [0.2, 0.25) is 5.91 Å². The maximum absolute atomic E-state index is 13.3. The van der Waals surface area contributed by atoms with E-state index in [1.807, 2.05) is 36.4 Å². The number of rotatable bonds is 8. The molecule has 2 aromatic rings. The Morgan fingerprint density at radius 3 is 2.55 bits per heavy atom. The van der Waals surface area contributed by atoms with E-state index in [-0.39, 0.29) is 23.4 Å². The maximum Gasteiger partial charge on any atom is 0.334 e. The Balaban J connectivity index is 2.00. The maximum atomic E-state index is 13.3. The van der Waals surface area contributed by atoms with Gasteiger partial charge in [0.15, 0.2) is 6.29 Å². The Hall–Kier alpha value is -3.39. The number of hydrogen-bond donors (Lipinski definition) is 4. The third-order valence-corrected chi connectivity index (χ3v) is 5.45. The number of aliphatic hydroxyl groups is 1. The fourth-order valence-corrected chi connectivity index (χ4v) is 3.93. The van der Waals surface area contributed by atoms with Crippen LogP contribution in [-0.4, -0.2) is 42.0 Å². The highest BCUT2D eigenvalue weighted by Crippen LogP contribution is 2.39. The molecule has 4 N–H and O–H groups in total. The average molecular weight is 469 g/mol. The molecule has 0 saturated carbocycles. The molecule has 0 aromatic heterocycles. The molecule has 2 unspecified atom stereocenters. The molecule has 172 valence electrons. The van der Waals surface area contributed by atoms with Crippen LogP contribution >= 0.6 is 11.6 Å². The average Bonchev–Trinajstić information content (AvgIpc) is 2.80. The van der Waals surface area contributed by atoms with Gasteiger partial charge in [-0.2, -0.15) is 0 Å². The van der Waals surface area contributed by atoms with Gasteiger partial charge in [0.25, 0.3) is 0 Å². The molecule has 0 aliphatic carbocycles. The second-order valence-corrected chi connectivity index (χ2v) is 7.83. The van der Waals surface area contributed by atoms with E-state index in [1.165, 1.54) is 7.11 Å². The molecular formula is C25H25ClN2O5. The highest BCUT2D eigenvalue weighted by molar-refractivity contribution is 6.30. The van der Waals surface area contributed by atoms with Gasteiger partial charge in [-0.1, -0.05) is 66.2 Å². The van der Waals surface area contributed by atoms with Crippen LogP contribution in [0.1, 0.15) is 24.0 Å². The lowest BCUT2D eigenvalue weighted by atomic mass is 9.79. The normalized spacial score (nSPS) is 17.2. The summed E-state index contributed by atoms with van der Waals surface area (Å²) in [6.07, 6.45) is 2.18. The van der Waals surface area contributed by atoms with Crippen molar-refractivity contribution in [2.45, 2.75) is 19.1 Å². The van der Waals surface area contributed by atoms with Gasteiger partial charge in [-0.05, 0) is 30.2 Å². The first kappa shape index (κ1) is 24.3. The topological polar surface area (TPSA) is 108 Å². The summed E-state index contributed by atoms with van der Waals surface area (Å²) in [5, 5.41) is 26.4. The molecule has 0 spiro atoms. The Bertz CT molecular complexity index is 1120. The SMILES string of the molecule is COC(O)C1=C(C(=O)NC/C=C/c2ccccc2)C(c2cccc(Cl)c2)C(C(=O)O)=C(C)N1. The van der Waals surface area contributed by atoms with Crippen LogP contribution < -0.4 is 10.6 Å². The highest BCUT2D eigenvalue weighted by atomic mass is 35.5. The molecule has 0 radical (unpaired) electrons. The Labute approximate surface area is 197 Å². The number of ether oxygens (including phenoxy) is 1. The molecular weight excluding hydrogens is 444 g/mol. The van der Waals surface area contributed by atoms with Gasteiger partial charge >= 0.3 is 5.97 Å². The summed E-state index contributed by atoms with van der Waals surface area (Å²) in [6, 6.07) is 16.2. The van der Waals surface area contributed by atoms with Crippen LogP contribution in [0.25, 0.3) is 6.08 Å². The second kappa shape index (κ2) is 11.0. The largest absolute Gasteiger partial charge is 0.478 e. The van der Waals surface area contributed by atoms with Crippen LogP contribution in [0, 0.1) is 0 Å². The zero-order valence-corrected chi connectivity index (χ0v) is 19.0. The standard InChI is InChI=1S/C25H25ClN2O5/c1-15-19(24(30)31)20(17-11-6-12-18(26)14-17)21(22(28-15)25(32)33-2)23(29)27-13-7-10-16-8-4-3-5-9-16/h3-12,14,20,25,28,32H,13H2,1-2H3,(H,27,29)(H,30,31)/b10-7+. The van der Waals surface area contributed by atoms with Crippen molar-refractivity contribution in [3.05, 3.63) is 99.4 Å². The number of carboxylic acids is 1. The van der Waals surface area contributed by atoms with E-state index in [2.05, 4.69) is 10.6 Å². The smallest absolute Gasteiger partial charge is 0.334 e. The summed E-state index contributed by atoms with van der Waals surface area (Å²) in [6.45, 7) is 1.77. The number of aliphatic hydroxyl groups excluding tert-OH is 1. The fourth-order valence-electron chi connectivity index (χ4n) is 3.73. The Morgan fingerprint density at radius 1 is 1.18 bits per heavy atom. The third kappa shape index (κ3) is 5.70. The van der Waals surface area contributed by atoms with Gasteiger partial charge in [0.05, 0.1) is 22.8 Å². The van der Waals surface area contributed by atoms with E-state index in [0.717, 1.165) is 5.56 Å². The molecule has 33 heavy (non-hydrogen) atoms. The van der Waals surface area contributed by atoms with E-state index in [4.69, 9.17) is 16.3 Å². The number of allylic oxidation sites excluding steroid dienone is 1. The number of hydrogen-bond acceptors (Lipinski definition) is 5. The molecule has 7 nitrogen and oxygen atoms in total. The van der Waals surface area contributed by atoms with Gasteiger partial charge in [-0.15, -0.1) is 0 Å². The number of dihydropyridines is 1. The van der Waals surface area contributed by atoms with Crippen molar-refractivity contribution in [1.82, 2.24) is 10.6 Å². The van der Waals surface area contributed by atoms with Crippen LogP contribution in [0.4, 0.5) is 0 Å². The minimum Gasteiger partial charge on any atom is -0.478 e. The van der Waals surface area contributed by atoms with E-state index >= 15 is 0 Å². The molecule has 1 aliphatic heterocycles. The predicted octanol–water partition coefficient (Wildman–Crippen LogP) is 3.43. The number of carbonyl (C=O) groups excluding carboxylic acids is 1. The van der Waals surface area contributed by atoms with Crippen molar-refractivity contribution in [2.75, 3.05) is 13.7 Å². The molecule has 2 atom stereocenters. The number of methoxy groups -OCH3 is 1. The number of halogens is 1. The minimum absolute atomic E-state index is 0.0192. The van der Waals surface area contributed by atoms with Crippen LogP contribution in [0.2, 0.25) is 5.02 Å². The third-order valence-electron chi connectivity index (χ3n) is 5.21. The van der Waals surface area contributed by atoms with E-state index in [9.17, 15) is 19.8 Å². The van der Waals surface area contributed by atoms with Crippen LogP contribution in [0.15, 0.2) is 83.2 Å². The number of carbonyl (C=O) groups is 2. The number of benzene rings is 2. The van der Waals surface area contributed by atoms with Gasteiger partial charge < -0.3 is 25.6 Å². The molecule has 2 aromatic carbocycles. The van der Waals surface area contributed by atoms with Gasteiger partial charge in [0.1, 0.15) is 0 Å². The Morgan fingerprint density at radius 2 is 1.91 bits per heavy atom. The summed E-state index contributed by atoms with van der Waals surface area (Å²) in [5.41, 5.74) is 1.88. The lowest BCUT2D eigenvalue weighted by molar-refractivity contribution is -0.133. The lowest BCUT2D eigenvalue weighted by Gasteiger charge is -2.32. The quantitative estimate of drug-likeness (QED) is 0.442. The first-order chi connectivity index (χ1) is 15.8. The predicted molar refractivity (Wildman–Crippen MR) is 126 cm³/mol. The van der Waals surface area contributed by atoms with E-state index in [1.54, 1.807) is 37.3 Å². The summed E-state index contributed by atoms with van der Waals surface area (Å²) >= 11 is 6.16. The summed E-state index contributed by atoms with van der Waals surface area (Å²) in [4.78, 5) is 25.5. The summed E-state index contributed by atoms with van der Waals surface area (Å²) in [5.74, 6) is -2.70. The molecule has 1 heterocycles. The number of nitrogens with one attached hydrogen (secondary N) is 2. The van der Waals surface area contributed by atoms with Crippen LogP contribution in [-0.2, 0) is 14.3 Å². The first-order valence-electron chi connectivity index (χ1n) is 10.2. The van der Waals surface area contributed by atoms with Crippen molar-refractivity contribution in [3.63, 3.8) is 0 Å². The minimum atomic E-state index is -1.46. The molecule has 3 rings (SSSR count). The molecule has 1 amide bonds. The van der Waals surface area contributed by atoms with Gasteiger partial charge in [0, 0.05) is 24.4 Å². The molecule has 0 saturated heterocycles. The van der Waals surface area contributed by atoms with Gasteiger partial charge in [-0.3, -0.25) is 4.79 Å². The highest BCUT2D eigenvalue weighted by Gasteiger charge is 2.39.